The SMILES string of the molecule is Cc1ccc2c(c1)OCCC/C=C/CCCCN(C(C)C)S2(=O)=O. The number of rotatable bonds is 1. The average Bonchev–Trinajstić information content (AvgIpc) is 2.51. The van der Waals surface area contributed by atoms with Gasteiger partial charge in [-0.25, -0.2) is 8.42 Å². The van der Waals surface area contributed by atoms with E-state index in [-0.39, 0.29) is 10.9 Å². The van der Waals surface area contributed by atoms with Crippen molar-refractivity contribution in [2.45, 2.75) is 63.8 Å². The molecule has 0 bridgehead atoms. The number of sulfonamides is 1. The predicted molar refractivity (Wildman–Crippen MR) is 97.9 cm³/mol. The van der Waals surface area contributed by atoms with Crippen LogP contribution in [0.25, 0.3) is 0 Å². The highest BCUT2D eigenvalue weighted by atomic mass is 32.2. The number of aryl methyl sites for hydroxylation is 1. The molecule has 1 aliphatic heterocycles. The molecular formula is C19H29NO3S. The molecule has 2 rings (SSSR count). The third-order valence-electron chi connectivity index (χ3n) is 4.20. The Hall–Kier alpha value is -1.33. The maximum Gasteiger partial charge on any atom is 0.246 e. The normalized spacial score (nSPS) is 21.5. The Balaban J connectivity index is 2.40. The van der Waals surface area contributed by atoms with Gasteiger partial charge in [0.2, 0.25) is 10.0 Å². The second-order valence-electron chi connectivity index (χ2n) is 6.62. The Morgan fingerprint density at radius 3 is 2.50 bits per heavy atom. The smallest absolute Gasteiger partial charge is 0.246 e. The van der Waals surface area contributed by atoms with Crippen LogP contribution < -0.4 is 4.74 Å². The van der Waals surface area contributed by atoms with E-state index in [0.29, 0.717) is 18.9 Å². The van der Waals surface area contributed by atoms with Gasteiger partial charge in [0.15, 0.2) is 0 Å². The zero-order chi connectivity index (χ0) is 17.6. The second kappa shape index (κ2) is 8.67. The van der Waals surface area contributed by atoms with Crippen molar-refractivity contribution in [2.24, 2.45) is 0 Å². The van der Waals surface area contributed by atoms with Crippen molar-refractivity contribution >= 4 is 10.0 Å². The van der Waals surface area contributed by atoms with E-state index >= 15 is 0 Å². The van der Waals surface area contributed by atoms with Gasteiger partial charge in [-0.1, -0.05) is 18.2 Å². The van der Waals surface area contributed by atoms with Crippen LogP contribution in [0.15, 0.2) is 35.2 Å². The molecule has 4 nitrogen and oxygen atoms in total. The van der Waals surface area contributed by atoms with Crippen LogP contribution in [0.4, 0.5) is 0 Å². The highest BCUT2D eigenvalue weighted by molar-refractivity contribution is 7.89. The summed E-state index contributed by atoms with van der Waals surface area (Å²) in [5.74, 6) is 0.474. The molecule has 1 heterocycles. The summed E-state index contributed by atoms with van der Waals surface area (Å²) < 4.78 is 33.8. The van der Waals surface area contributed by atoms with Crippen molar-refractivity contribution in [3.05, 3.63) is 35.9 Å². The lowest BCUT2D eigenvalue weighted by atomic mass is 10.2. The van der Waals surface area contributed by atoms with E-state index in [4.69, 9.17) is 4.74 Å². The number of allylic oxidation sites excluding steroid dienone is 2. The first-order valence-corrected chi connectivity index (χ1v) is 10.3. The van der Waals surface area contributed by atoms with Crippen molar-refractivity contribution in [3.8, 4) is 5.75 Å². The molecule has 0 aliphatic carbocycles. The third kappa shape index (κ3) is 4.84. The highest BCUT2D eigenvalue weighted by Crippen LogP contribution is 2.29. The van der Waals surface area contributed by atoms with Gasteiger partial charge in [-0.15, -0.1) is 0 Å². The number of hydrogen-bond acceptors (Lipinski definition) is 3. The quantitative estimate of drug-likeness (QED) is 0.709. The largest absolute Gasteiger partial charge is 0.492 e. The molecule has 24 heavy (non-hydrogen) atoms. The molecule has 1 aromatic carbocycles. The second-order valence-corrected chi connectivity index (χ2v) is 8.48. The molecule has 1 aromatic rings. The molecule has 0 radical (unpaired) electrons. The molecule has 134 valence electrons. The third-order valence-corrected chi connectivity index (χ3v) is 6.32. The molecule has 0 saturated heterocycles. The van der Waals surface area contributed by atoms with Crippen molar-refractivity contribution in [3.63, 3.8) is 0 Å². The van der Waals surface area contributed by atoms with Crippen LogP contribution in [0.3, 0.4) is 0 Å². The van der Waals surface area contributed by atoms with Gasteiger partial charge in [0.25, 0.3) is 0 Å². The molecule has 1 aliphatic rings. The van der Waals surface area contributed by atoms with Crippen LogP contribution in [-0.2, 0) is 10.0 Å². The van der Waals surface area contributed by atoms with E-state index in [9.17, 15) is 8.42 Å². The first kappa shape index (κ1) is 19.0. The lowest BCUT2D eigenvalue weighted by molar-refractivity contribution is 0.299. The summed E-state index contributed by atoms with van der Waals surface area (Å²) >= 11 is 0. The zero-order valence-electron chi connectivity index (χ0n) is 15.0. The molecule has 0 atom stereocenters. The number of fused-ring (bicyclic) bond motifs is 1. The Kier molecular flexibility index (Phi) is 6.87. The Morgan fingerprint density at radius 2 is 1.79 bits per heavy atom. The van der Waals surface area contributed by atoms with Gasteiger partial charge in [0, 0.05) is 12.6 Å². The molecular weight excluding hydrogens is 322 g/mol. The Morgan fingerprint density at radius 1 is 1.08 bits per heavy atom. The molecule has 0 unspecified atom stereocenters. The van der Waals surface area contributed by atoms with E-state index in [2.05, 4.69) is 12.2 Å². The topological polar surface area (TPSA) is 46.6 Å². The van der Waals surface area contributed by atoms with E-state index < -0.39 is 10.0 Å². The number of ether oxygens (including phenoxy) is 1. The van der Waals surface area contributed by atoms with E-state index in [1.807, 2.05) is 32.9 Å². The summed E-state index contributed by atoms with van der Waals surface area (Å²) in [5, 5.41) is 0. The predicted octanol–water partition coefficient (Wildman–Crippen LogP) is 4.29. The monoisotopic (exact) mass is 351 g/mol. The lowest BCUT2D eigenvalue weighted by Gasteiger charge is -2.27. The first-order chi connectivity index (χ1) is 11.4. The van der Waals surface area contributed by atoms with Crippen molar-refractivity contribution < 1.29 is 13.2 Å². The van der Waals surface area contributed by atoms with Gasteiger partial charge < -0.3 is 4.74 Å². The average molecular weight is 352 g/mol. The molecule has 0 saturated carbocycles. The fourth-order valence-corrected chi connectivity index (χ4v) is 4.66. The van der Waals surface area contributed by atoms with Gasteiger partial charge in [-0.05, 0) is 70.6 Å². The van der Waals surface area contributed by atoms with Gasteiger partial charge in [0.05, 0.1) is 6.61 Å². The van der Waals surface area contributed by atoms with Crippen molar-refractivity contribution in [2.75, 3.05) is 13.2 Å². The minimum Gasteiger partial charge on any atom is -0.492 e. The minimum atomic E-state index is -3.56. The Labute approximate surface area is 146 Å². The molecule has 0 N–H and O–H groups in total. The summed E-state index contributed by atoms with van der Waals surface area (Å²) in [6.07, 6.45) is 9.12. The van der Waals surface area contributed by atoms with Crippen LogP contribution in [-0.4, -0.2) is 31.9 Å². The van der Waals surface area contributed by atoms with Crippen LogP contribution in [0, 0.1) is 6.92 Å². The summed E-state index contributed by atoms with van der Waals surface area (Å²) in [4.78, 5) is 0.286. The Bertz CT molecular complexity index is 665. The zero-order valence-corrected chi connectivity index (χ0v) is 15.8. The van der Waals surface area contributed by atoms with Crippen LogP contribution >= 0.6 is 0 Å². The van der Waals surface area contributed by atoms with Gasteiger partial charge in [-0.3, -0.25) is 0 Å². The highest BCUT2D eigenvalue weighted by Gasteiger charge is 2.29. The number of benzene rings is 1. The number of nitrogens with zero attached hydrogens (tertiary/aromatic N) is 1. The molecule has 0 fully saturated rings. The van der Waals surface area contributed by atoms with Crippen LogP contribution in [0.2, 0.25) is 0 Å². The van der Waals surface area contributed by atoms with Gasteiger partial charge in [-0.2, -0.15) is 4.31 Å². The summed E-state index contributed by atoms with van der Waals surface area (Å²) in [6.45, 7) is 6.87. The fourth-order valence-electron chi connectivity index (χ4n) is 2.87. The molecule has 0 amide bonds. The van der Waals surface area contributed by atoms with E-state index in [0.717, 1.165) is 37.7 Å². The van der Waals surface area contributed by atoms with Gasteiger partial charge >= 0.3 is 0 Å². The summed E-state index contributed by atoms with van der Waals surface area (Å²) in [7, 11) is -3.56. The maximum absolute atomic E-state index is 13.2. The van der Waals surface area contributed by atoms with Gasteiger partial charge in [0.1, 0.15) is 10.6 Å². The van der Waals surface area contributed by atoms with Crippen LogP contribution in [0.5, 0.6) is 5.75 Å². The summed E-state index contributed by atoms with van der Waals surface area (Å²) in [5.41, 5.74) is 1.00. The lowest BCUT2D eigenvalue weighted by Crippen LogP contribution is -2.38. The molecule has 5 heteroatoms. The minimum absolute atomic E-state index is 0.0763. The first-order valence-electron chi connectivity index (χ1n) is 8.83. The van der Waals surface area contributed by atoms with Crippen molar-refractivity contribution in [1.29, 1.82) is 0 Å². The maximum atomic E-state index is 13.2. The standard InChI is InChI=1S/C19H29NO3S/c1-16(2)20-13-9-7-5-4-6-8-10-14-23-18-15-17(3)11-12-19(18)24(20,21)22/h4,6,11-12,15-16H,5,7-10,13-14H2,1-3H3/b6-4+. The fraction of sp³-hybridized carbons (Fsp3) is 0.579. The molecule has 0 spiro atoms. The van der Waals surface area contributed by atoms with Crippen molar-refractivity contribution in [1.82, 2.24) is 4.31 Å². The molecule has 0 aromatic heterocycles. The van der Waals surface area contributed by atoms with Crippen LogP contribution in [0.1, 0.15) is 51.5 Å². The van der Waals surface area contributed by atoms with E-state index in [1.54, 1.807) is 10.4 Å². The number of hydrogen-bond donors (Lipinski definition) is 0. The summed E-state index contributed by atoms with van der Waals surface area (Å²) in [6, 6.07) is 5.27. The van der Waals surface area contributed by atoms with E-state index in [1.165, 1.54) is 0 Å².